The van der Waals surface area contributed by atoms with Gasteiger partial charge in [0.15, 0.2) is 0 Å². The van der Waals surface area contributed by atoms with Crippen LogP contribution in [0.1, 0.15) is 39.0 Å². The Balaban J connectivity index is 2.00. The summed E-state index contributed by atoms with van der Waals surface area (Å²) in [4.78, 5) is 0. The quantitative estimate of drug-likeness (QED) is 0.540. The SMILES string of the molecule is CC1COCC2CCCCCC12. The van der Waals surface area contributed by atoms with Crippen LogP contribution < -0.4 is 0 Å². The van der Waals surface area contributed by atoms with Gasteiger partial charge in [0.05, 0.1) is 0 Å². The Morgan fingerprint density at radius 1 is 1.00 bits per heavy atom. The minimum absolute atomic E-state index is 0.821. The zero-order chi connectivity index (χ0) is 8.39. The summed E-state index contributed by atoms with van der Waals surface area (Å²) in [5.41, 5.74) is 0. The van der Waals surface area contributed by atoms with E-state index in [1.165, 1.54) is 32.1 Å². The summed E-state index contributed by atoms with van der Waals surface area (Å²) < 4.78 is 5.61. The van der Waals surface area contributed by atoms with Gasteiger partial charge in [0.25, 0.3) is 0 Å². The normalized spacial score (nSPS) is 43.2. The Labute approximate surface area is 75.5 Å². The molecule has 0 aromatic heterocycles. The molecule has 3 unspecified atom stereocenters. The summed E-state index contributed by atoms with van der Waals surface area (Å²) in [6.45, 7) is 4.43. The highest BCUT2D eigenvalue weighted by molar-refractivity contribution is 4.80. The first-order valence-corrected chi connectivity index (χ1v) is 5.45. The average Bonchev–Trinajstić information content (AvgIpc) is 2.30. The first kappa shape index (κ1) is 8.55. The lowest BCUT2D eigenvalue weighted by Gasteiger charge is -2.35. The van der Waals surface area contributed by atoms with Gasteiger partial charge in [-0.3, -0.25) is 0 Å². The summed E-state index contributed by atoms with van der Waals surface area (Å²) in [6.07, 6.45) is 7.26. The third-order valence-corrected chi connectivity index (χ3v) is 3.66. The van der Waals surface area contributed by atoms with Crippen molar-refractivity contribution in [2.24, 2.45) is 17.8 Å². The van der Waals surface area contributed by atoms with Crippen molar-refractivity contribution in [1.29, 1.82) is 0 Å². The Bertz CT molecular complexity index is 144. The molecule has 0 aromatic carbocycles. The molecule has 1 heterocycles. The molecule has 0 spiro atoms. The Hall–Kier alpha value is -0.0400. The van der Waals surface area contributed by atoms with Crippen LogP contribution in [0, 0.1) is 17.8 Å². The van der Waals surface area contributed by atoms with Crippen molar-refractivity contribution in [2.45, 2.75) is 39.0 Å². The fraction of sp³-hybridized carbons (Fsp3) is 1.00. The van der Waals surface area contributed by atoms with Gasteiger partial charge in [-0.25, -0.2) is 0 Å². The summed E-state index contributed by atoms with van der Waals surface area (Å²) in [5, 5.41) is 0. The van der Waals surface area contributed by atoms with Crippen LogP contribution in [0.5, 0.6) is 0 Å². The summed E-state index contributed by atoms with van der Waals surface area (Å²) >= 11 is 0. The first-order valence-electron chi connectivity index (χ1n) is 5.45. The number of ether oxygens (including phenoxy) is 1. The highest BCUT2D eigenvalue weighted by atomic mass is 16.5. The van der Waals surface area contributed by atoms with Crippen molar-refractivity contribution in [3.8, 4) is 0 Å². The van der Waals surface area contributed by atoms with Gasteiger partial charge >= 0.3 is 0 Å². The van der Waals surface area contributed by atoms with Gasteiger partial charge in [-0.15, -0.1) is 0 Å². The van der Waals surface area contributed by atoms with E-state index < -0.39 is 0 Å². The van der Waals surface area contributed by atoms with Gasteiger partial charge in [0, 0.05) is 13.2 Å². The van der Waals surface area contributed by atoms with E-state index in [9.17, 15) is 0 Å². The van der Waals surface area contributed by atoms with E-state index >= 15 is 0 Å². The van der Waals surface area contributed by atoms with Crippen LogP contribution in [0.2, 0.25) is 0 Å². The molecule has 12 heavy (non-hydrogen) atoms. The molecule has 2 fully saturated rings. The van der Waals surface area contributed by atoms with Crippen LogP contribution in [0.4, 0.5) is 0 Å². The summed E-state index contributed by atoms with van der Waals surface area (Å²) in [5.74, 6) is 2.71. The van der Waals surface area contributed by atoms with Gasteiger partial charge < -0.3 is 4.74 Å². The second-order valence-electron chi connectivity index (χ2n) is 4.58. The predicted octanol–water partition coefficient (Wildman–Crippen LogP) is 2.85. The minimum Gasteiger partial charge on any atom is -0.381 e. The third kappa shape index (κ3) is 1.66. The van der Waals surface area contributed by atoms with Crippen molar-refractivity contribution in [2.75, 3.05) is 13.2 Å². The molecule has 1 aliphatic carbocycles. The van der Waals surface area contributed by atoms with Gasteiger partial charge in [0.2, 0.25) is 0 Å². The zero-order valence-electron chi connectivity index (χ0n) is 8.09. The Kier molecular flexibility index (Phi) is 2.69. The van der Waals surface area contributed by atoms with E-state index in [1.54, 1.807) is 0 Å². The van der Waals surface area contributed by atoms with Crippen molar-refractivity contribution >= 4 is 0 Å². The van der Waals surface area contributed by atoms with Crippen molar-refractivity contribution in [3.05, 3.63) is 0 Å². The van der Waals surface area contributed by atoms with E-state index in [1.807, 2.05) is 0 Å². The van der Waals surface area contributed by atoms with Crippen LogP contribution in [-0.4, -0.2) is 13.2 Å². The van der Waals surface area contributed by atoms with Gasteiger partial charge in [0.1, 0.15) is 0 Å². The molecule has 0 aromatic rings. The summed E-state index contributed by atoms with van der Waals surface area (Å²) in [6, 6.07) is 0. The molecular formula is C11H20O. The number of fused-ring (bicyclic) bond motifs is 1. The van der Waals surface area contributed by atoms with Crippen LogP contribution >= 0.6 is 0 Å². The van der Waals surface area contributed by atoms with E-state index in [0.717, 1.165) is 31.0 Å². The molecule has 0 radical (unpaired) electrons. The second kappa shape index (κ2) is 3.78. The number of hydrogen-bond acceptors (Lipinski definition) is 1. The molecule has 70 valence electrons. The van der Waals surface area contributed by atoms with Crippen molar-refractivity contribution < 1.29 is 4.74 Å². The largest absolute Gasteiger partial charge is 0.381 e. The van der Waals surface area contributed by atoms with Gasteiger partial charge in [-0.05, 0) is 30.6 Å². The number of hydrogen-bond donors (Lipinski definition) is 0. The van der Waals surface area contributed by atoms with E-state index in [-0.39, 0.29) is 0 Å². The van der Waals surface area contributed by atoms with E-state index in [0.29, 0.717) is 0 Å². The molecule has 1 heteroatoms. The molecule has 2 aliphatic rings. The topological polar surface area (TPSA) is 9.23 Å². The molecular weight excluding hydrogens is 148 g/mol. The predicted molar refractivity (Wildman–Crippen MR) is 50.0 cm³/mol. The standard InChI is InChI=1S/C11H20O/c1-9-7-12-8-10-5-3-2-4-6-11(9)10/h9-11H,2-8H2,1H3. The molecule has 0 N–H and O–H groups in total. The first-order chi connectivity index (χ1) is 5.88. The average molecular weight is 168 g/mol. The van der Waals surface area contributed by atoms with Gasteiger partial charge in [-0.1, -0.05) is 26.2 Å². The Morgan fingerprint density at radius 2 is 1.83 bits per heavy atom. The molecule has 1 aliphatic heterocycles. The lowest BCUT2D eigenvalue weighted by atomic mass is 9.78. The van der Waals surface area contributed by atoms with Crippen LogP contribution in [0.15, 0.2) is 0 Å². The monoisotopic (exact) mass is 168 g/mol. The molecule has 1 nitrogen and oxygen atoms in total. The maximum absolute atomic E-state index is 5.61. The molecule has 2 rings (SSSR count). The van der Waals surface area contributed by atoms with Crippen LogP contribution in [0.3, 0.4) is 0 Å². The van der Waals surface area contributed by atoms with Gasteiger partial charge in [-0.2, -0.15) is 0 Å². The van der Waals surface area contributed by atoms with Crippen molar-refractivity contribution in [3.63, 3.8) is 0 Å². The van der Waals surface area contributed by atoms with Crippen LogP contribution in [-0.2, 0) is 4.74 Å². The second-order valence-corrected chi connectivity index (χ2v) is 4.58. The highest BCUT2D eigenvalue weighted by Crippen LogP contribution is 2.36. The molecule has 1 saturated heterocycles. The highest BCUT2D eigenvalue weighted by Gasteiger charge is 2.31. The summed E-state index contributed by atoms with van der Waals surface area (Å²) in [7, 11) is 0. The maximum atomic E-state index is 5.61. The smallest absolute Gasteiger partial charge is 0.0497 e. The molecule has 0 amide bonds. The fourth-order valence-electron chi connectivity index (χ4n) is 2.90. The van der Waals surface area contributed by atoms with E-state index in [2.05, 4.69) is 6.92 Å². The van der Waals surface area contributed by atoms with Crippen molar-refractivity contribution in [1.82, 2.24) is 0 Å². The molecule has 1 saturated carbocycles. The zero-order valence-corrected chi connectivity index (χ0v) is 8.09. The minimum atomic E-state index is 0.821. The third-order valence-electron chi connectivity index (χ3n) is 3.66. The van der Waals surface area contributed by atoms with E-state index in [4.69, 9.17) is 4.74 Å². The Morgan fingerprint density at radius 3 is 2.75 bits per heavy atom. The lowest BCUT2D eigenvalue weighted by Crippen LogP contribution is -2.33. The fourth-order valence-corrected chi connectivity index (χ4v) is 2.90. The maximum Gasteiger partial charge on any atom is 0.0497 e. The molecule has 3 atom stereocenters. The lowest BCUT2D eigenvalue weighted by molar-refractivity contribution is -0.0250. The molecule has 0 bridgehead atoms. The van der Waals surface area contributed by atoms with Crippen LogP contribution in [0.25, 0.3) is 0 Å². The number of rotatable bonds is 0.